The SMILES string of the molecule is NC(=O)c1ccc(N)c(NCC2CCSC2)c1. The van der Waals surface area contributed by atoms with E-state index in [0.29, 0.717) is 17.2 Å². The summed E-state index contributed by atoms with van der Waals surface area (Å²) in [6, 6.07) is 5.08. The van der Waals surface area contributed by atoms with Crippen molar-refractivity contribution in [2.75, 3.05) is 29.1 Å². The first-order valence-electron chi connectivity index (χ1n) is 5.68. The summed E-state index contributed by atoms with van der Waals surface area (Å²) >= 11 is 1.98. The second kappa shape index (κ2) is 5.31. The second-order valence-electron chi connectivity index (χ2n) is 4.28. The van der Waals surface area contributed by atoms with E-state index in [1.165, 1.54) is 17.9 Å². The van der Waals surface area contributed by atoms with E-state index >= 15 is 0 Å². The Bertz CT molecular complexity index is 416. The van der Waals surface area contributed by atoms with Crippen molar-refractivity contribution in [3.8, 4) is 0 Å². The van der Waals surface area contributed by atoms with Gasteiger partial charge >= 0.3 is 0 Å². The lowest BCUT2D eigenvalue weighted by molar-refractivity contribution is 0.100. The highest BCUT2D eigenvalue weighted by Gasteiger charge is 2.15. The van der Waals surface area contributed by atoms with Crippen LogP contribution >= 0.6 is 11.8 Å². The van der Waals surface area contributed by atoms with E-state index in [2.05, 4.69) is 5.32 Å². The van der Waals surface area contributed by atoms with Gasteiger partial charge in [-0.05, 0) is 42.0 Å². The summed E-state index contributed by atoms with van der Waals surface area (Å²) in [5.74, 6) is 2.70. The maximum absolute atomic E-state index is 11.1. The first-order valence-corrected chi connectivity index (χ1v) is 6.83. The molecular formula is C12H17N3OS. The van der Waals surface area contributed by atoms with Crippen LogP contribution in [0.3, 0.4) is 0 Å². The smallest absolute Gasteiger partial charge is 0.248 e. The van der Waals surface area contributed by atoms with Crippen LogP contribution in [0.25, 0.3) is 0 Å². The van der Waals surface area contributed by atoms with Crippen LogP contribution in [0.5, 0.6) is 0 Å². The van der Waals surface area contributed by atoms with Gasteiger partial charge in [-0.15, -0.1) is 0 Å². The summed E-state index contributed by atoms with van der Waals surface area (Å²) in [5.41, 5.74) is 13.0. The van der Waals surface area contributed by atoms with Crippen LogP contribution in [0.4, 0.5) is 11.4 Å². The predicted octanol–water partition coefficient (Wildman–Crippen LogP) is 1.53. The number of hydrogen-bond donors (Lipinski definition) is 3. The van der Waals surface area contributed by atoms with E-state index in [-0.39, 0.29) is 0 Å². The van der Waals surface area contributed by atoms with Crippen molar-refractivity contribution in [3.63, 3.8) is 0 Å². The number of hydrogen-bond acceptors (Lipinski definition) is 4. The molecular weight excluding hydrogens is 234 g/mol. The lowest BCUT2D eigenvalue weighted by Gasteiger charge is -2.13. The zero-order chi connectivity index (χ0) is 12.3. The van der Waals surface area contributed by atoms with E-state index < -0.39 is 5.91 Å². The standard InChI is InChI=1S/C12H17N3OS/c13-10-2-1-9(12(14)16)5-11(10)15-6-8-3-4-17-7-8/h1-2,5,8,15H,3-4,6-7,13H2,(H2,14,16). The Morgan fingerprint density at radius 1 is 1.53 bits per heavy atom. The van der Waals surface area contributed by atoms with Crippen molar-refractivity contribution in [3.05, 3.63) is 23.8 Å². The highest BCUT2D eigenvalue weighted by molar-refractivity contribution is 7.99. The monoisotopic (exact) mass is 251 g/mol. The molecule has 1 heterocycles. The quantitative estimate of drug-likeness (QED) is 0.709. The molecule has 4 nitrogen and oxygen atoms in total. The zero-order valence-electron chi connectivity index (χ0n) is 9.61. The van der Waals surface area contributed by atoms with Gasteiger partial charge in [0.15, 0.2) is 0 Å². The molecule has 1 saturated heterocycles. The third kappa shape index (κ3) is 3.06. The largest absolute Gasteiger partial charge is 0.397 e. The number of rotatable bonds is 4. The predicted molar refractivity (Wildman–Crippen MR) is 73.3 cm³/mol. The van der Waals surface area contributed by atoms with Crippen LogP contribution in [0.1, 0.15) is 16.8 Å². The molecule has 92 valence electrons. The third-order valence-corrected chi connectivity index (χ3v) is 4.17. The van der Waals surface area contributed by atoms with E-state index in [0.717, 1.165) is 12.2 Å². The number of carbonyl (C=O) groups is 1. The minimum Gasteiger partial charge on any atom is -0.397 e. The fourth-order valence-electron chi connectivity index (χ4n) is 1.86. The topological polar surface area (TPSA) is 81.1 Å². The summed E-state index contributed by atoms with van der Waals surface area (Å²) in [6.07, 6.45) is 1.24. The third-order valence-electron chi connectivity index (χ3n) is 2.94. The van der Waals surface area contributed by atoms with Crippen molar-refractivity contribution in [2.45, 2.75) is 6.42 Å². The van der Waals surface area contributed by atoms with Crippen molar-refractivity contribution in [1.82, 2.24) is 0 Å². The molecule has 0 spiro atoms. The van der Waals surface area contributed by atoms with Gasteiger partial charge in [0.2, 0.25) is 5.91 Å². The van der Waals surface area contributed by atoms with Gasteiger partial charge in [0, 0.05) is 12.1 Å². The zero-order valence-corrected chi connectivity index (χ0v) is 10.4. The van der Waals surface area contributed by atoms with Gasteiger partial charge in [-0.1, -0.05) is 0 Å². The van der Waals surface area contributed by atoms with Crippen LogP contribution in [0.2, 0.25) is 0 Å². The number of amides is 1. The minimum absolute atomic E-state index is 0.426. The number of carbonyl (C=O) groups excluding carboxylic acids is 1. The maximum Gasteiger partial charge on any atom is 0.248 e. The molecule has 0 aromatic heterocycles. The summed E-state index contributed by atoms with van der Waals surface area (Å²) < 4.78 is 0. The first-order chi connectivity index (χ1) is 8.16. The van der Waals surface area contributed by atoms with Gasteiger partial charge in [0.05, 0.1) is 11.4 Å². The van der Waals surface area contributed by atoms with Crippen LogP contribution in [0.15, 0.2) is 18.2 Å². The van der Waals surface area contributed by atoms with Gasteiger partial charge in [-0.25, -0.2) is 0 Å². The summed E-state index contributed by atoms with van der Waals surface area (Å²) in [5, 5.41) is 3.30. The Labute approximate surface area is 105 Å². The Morgan fingerprint density at radius 3 is 3.00 bits per heavy atom. The lowest BCUT2D eigenvalue weighted by Crippen LogP contribution is -2.16. The van der Waals surface area contributed by atoms with E-state index in [1.54, 1.807) is 18.2 Å². The summed E-state index contributed by atoms with van der Waals surface area (Å²) in [4.78, 5) is 11.1. The molecule has 2 rings (SSSR count). The van der Waals surface area contributed by atoms with E-state index in [4.69, 9.17) is 11.5 Å². The molecule has 1 aliphatic heterocycles. The normalized spacial score (nSPS) is 19.2. The fourth-order valence-corrected chi connectivity index (χ4v) is 3.15. The highest BCUT2D eigenvalue weighted by Crippen LogP contribution is 2.25. The molecule has 0 saturated carbocycles. The van der Waals surface area contributed by atoms with Crippen LogP contribution in [0, 0.1) is 5.92 Å². The summed E-state index contributed by atoms with van der Waals surface area (Å²) in [6.45, 7) is 0.902. The van der Waals surface area contributed by atoms with Gasteiger partial charge < -0.3 is 16.8 Å². The van der Waals surface area contributed by atoms with Crippen LogP contribution < -0.4 is 16.8 Å². The number of primary amides is 1. The highest BCUT2D eigenvalue weighted by atomic mass is 32.2. The summed E-state index contributed by atoms with van der Waals surface area (Å²) in [7, 11) is 0. The van der Waals surface area contributed by atoms with Crippen molar-refractivity contribution in [1.29, 1.82) is 0 Å². The number of thioether (sulfide) groups is 1. The van der Waals surface area contributed by atoms with Crippen LogP contribution in [-0.4, -0.2) is 24.0 Å². The number of nitrogens with one attached hydrogen (secondary N) is 1. The Balaban J connectivity index is 2.03. The molecule has 1 fully saturated rings. The molecule has 1 aliphatic rings. The molecule has 5 heteroatoms. The molecule has 17 heavy (non-hydrogen) atoms. The van der Waals surface area contributed by atoms with Gasteiger partial charge in [0.1, 0.15) is 0 Å². The van der Waals surface area contributed by atoms with Gasteiger partial charge in [-0.3, -0.25) is 4.79 Å². The average molecular weight is 251 g/mol. The molecule has 1 aromatic carbocycles. The Kier molecular flexibility index (Phi) is 3.78. The number of nitrogen functional groups attached to an aromatic ring is 1. The fraction of sp³-hybridized carbons (Fsp3) is 0.417. The number of nitrogens with two attached hydrogens (primary N) is 2. The average Bonchev–Trinajstić information content (AvgIpc) is 2.80. The van der Waals surface area contributed by atoms with E-state index in [9.17, 15) is 4.79 Å². The minimum atomic E-state index is -0.426. The van der Waals surface area contributed by atoms with Crippen molar-refractivity contribution in [2.24, 2.45) is 11.7 Å². The molecule has 0 bridgehead atoms. The number of anilines is 2. The molecule has 0 radical (unpaired) electrons. The molecule has 1 unspecified atom stereocenters. The molecule has 5 N–H and O–H groups in total. The van der Waals surface area contributed by atoms with Gasteiger partial charge in [0.25, 0.3) is 0 Å². The maximum atomic E-state index is 11.1. The second-order valence-corrected chi connectivity index (χ2v) is 5.43. The van der Waals surface area contributed by atoms with Crippen molar-refractivity contribution < 1.29 is 4.79 Å². The van der Waals surface area contributed by atoms with E-state index in [1.807, 2.05) is 11.8 Å². The molecule has 1 amide bonds. The molecule has 1 aromatic rings. The van der Waals surface area contributed by atoms with Gasteiger partial charge in [-0.2, -0.15) is 11.8 Å². The molecule has 1 atom stereocenters. The Hall–Kier alpha value is -1.36. The van der Waals surface area contributed by atoms with Crippen molar-refractivity contribution >= 4 is 29.0 Å². The molecule has 0 aliphatic carbocycles. The number of benzene rings is 1. The first kappa shape index (κ1) is 12.1. The Morgan fingerprint density at radius 2 is 2.35 bits per heavy atom. The lowest BCUT2D eigenvalue weighted by atomic mass is 10.1. The van der Waals surface area contributed by atoms with Crippen LogP contribution in [-0.2, 0) is 0 Å².